The molecule has 2 saturated heterocycles. The predicted molar refractivity (Wildman–Crippen MR) is 97.8 cm³/mol. The Hall–Kier alpha value is -1.88. The van der Waals surface area contributed by atoms with Crippen LogP contribution in [0.3, 0.4) is 0 Å². The molecule has 25 heavy (non-hydrogen) atoms. The number of carbonyl (C=O) groups excluding carboxylic acids is 2. The first-order chi connectivity index (χ1) is 11.9. The van der Waals surface area contributed by atoms with Crippen molar-refractivity contribution in [2.24, 2.45) is 5.41 Å². The number of hydrogen-bond donors (Lipinski definition) is 1. The van der Waals surface area contributed by atoms with Crippen molar-refractivity contribution in [3.05, 3.63) is 35.4 Å². The molecule has 2 aliphatic heterocycles. The Morgan fingerprint density at radius 2 is 2.04 bits per heavy atom. The molecule has 2 aliphatic rings. The van der Waals surface area contributed by atoms with Crippen LogP contribution in [-0.4, -0.2) is 47.8 Å². The van der Waals surface area contributed by atoms with Gasteiger partial charge in [0.2, 0.25) is 11.8 Å². The highest BCUT2D eigenvalue weighted by atomic mass is 16.2. The second kappa shape index (κ2) is 7.56. The summed E-state index contributed by atoms with van der Waals surface area (Å²) in [7, 11) is 0. The molecule has 1 aromatic carbocycles. The largest absolute Gasteiger partial charge is 0.351 e. The molecule has 136 valence electrons. The smallest absolute Gasteiger partial charge is 0.234 e. The quantitative estimate of drug-likeness (QED) is 0.861. The zero-order chi connectivity index (χ0) is 17.9. The fourth-order valence-corrected chi connectivity index (χ4v) is 3.75. The summed E-state index contributed by atoms with van der Waals surface area (Å²) in [5.41, 5.74) is 2.53. The van der Waals surface area contributed by atoms with E-state index in [4.69, 9.17) is 0 Å². The fourth-order valence-electron chi connectivity index (χ4n) is 3.75. The lowest BCUT2D eigenvalue weighted by Gasteiger charge is -2.19. The van der Waals surface area contributed by atoms with Gasteiger partial charge in [0.25, 0.3) is 0 Å². The van der Waals surface area contributed by atoms with Gasteiger partial charge in [-0.3, -0.25) is 14.5 Å². The monoisotopic (exact) mass is 343 g/mol. The molecule has 0 bridgehead atoms. The Morgan fingerprint density at radius 3 is 2.72 bits per heavy atom. The molecule has 0 radical (unpaired) electrons. The summed E-state index contributed by atoms with van der Waals surface area (Å²) in [5.74, 6) is 0.324. The molecular weight excluding hydrogens is 314 g/mol. The number of likely N-dealkylation sites (tertiary alicyclic amines) is 2. The summed E-state index contributed by atoms with van der Waals surface area (Å²) in [5, 5.41) is 3.02. The fraction of sp³-hybridized carbons (Fsp3) is 0.600. The Balaban J connectivity index is 1.47. The van der Waals surface area contributed by atoms with Crippen LogP contribution in [0.25, 0.3) is 0 Å². The van der Waals surface area contributed by atoms with Crippen molar-refractivity contribution in [3.63, 3.8) is 0 Å². The van der Waals surface area contributed by atoms with E-state index in [1.54, 1.807) is 0 Å². The van der Waals surface area contributed by atoms with Gasteiger partial charge < -0.3 is 10.2 Å². The number of amides is 2. The van der Waals surface area contributed by atoms with E-state index in [-0.39, 0.29) is 11.8 Å². The molecule has 0 spiro atoms. The molecule has 1 N–H and O–H groups in total. The molecular formula is C20H29N3O2. The van der Waals surface area contributed by atoms with E-state index in [2.05, 4.69) is 30.1 Å². The molecule has 2 heterocycles. The maximum absolute atomic E-state index is 12.2. The zero-order valence-corrected chi connectivity index (χ0v) is 15.4. The van der Waals surface area contributed by atoms with E-state index in [9.17, 15) is 9.59 Å². The summed E-state index contributed by atoms with van der Waals surface area (Å²) < 4.78 is 0. The highest BCUT2D eigenvalue weighted by Gasteiger charge is 2.29. The van der Waals surface area contributed by atoms with Gasteiger partial charge in [-0.2, -0.15) is 0 Å². The third-order valence-corrected chi connectivity index (χ3v) is 5.15. The molecule has 0 saturated carbocycles. The van der Waals surface area contributed by atoms with Gasteiger partial charge in [-0.05, 0) is 35.9 Å². The van der Waals surface area contributed by atoms with Crippen molar-refractivity contribution >= 4 is 11.8 Å². The number of hydrogen-bond acceptors (Lipinski definition) is 3. The van der Waals surface area contributed by atoms with Crippen LogP contribution in [0.15, 0.2) is 24.3 Å². The van der Waals surface area contributed by atoms with Crippen LogP contribution in [0, 0.1) is 5.41 Å². The lowest BCUT2D eigenvalue weighted by molar-refractivity contribution is -0.128. The summed E-state index contributed by atoms with van der Waals surface area (Å²) in [6.45, 7) is 9.03. The van der Waals surface area contributed by atoms with Crippen LogP contribution in [0.2, 0.25) is 0 Å². The summed E-state index contributed by atoms with van der Waals surface area (Å²) >= 11 is 0. The van der Waals surface area contributed by atoms with Gasteiger partial charge in [0, 0.05) is 32.6 Å². The Bertz CT molecular complexity index is 642. The van der Waals surface area contributed by atoms with Crippen molar-refractivity contribution in [2.45, 2.75) is 46.2 Å². The highest BCUT2D eigenvalue weighted by Crippen LogP contribution is 2.28. The standard InChI is InChI=1S/C20H29N3O2/c1-20(2)8-10-22(15-20)14-18(24)21-12-16-5-3-6-17(11-16)13-23-9-4-7-19(23)25/h3,5-6,11H,4,7-10,12-15H2,1-2H3,(H,21,24). The zero-order valence-electron chi connectivity index (χ0n) is 15.4. The lowest BCUT2D eigenvalue weighted by atomic mass is 9.93. The molecule has 2 fully saturated rings. The molecule has 1 aromatic rings. The molecule has 2 amide bonds. The molecule has 5 nitrogen and oxygen atoms in total. The van der Waals surface area contributed by atoms with Crippen LogP contribution >= 0.6 is 0 Å². The minimum atomic E-state index is 0.0813. The first-order valence-corrected chi connectivity index (χ1v) is 9.26. The number of nitrogens with zero attached hydrogens (tertiary/aromatic N) is 2. The maximum atomic E-state index is 12.2. The number of rotatable bonds is 6. The highest BCUT2D eigenvalue weighted by molar-refractivity contribution is 5.78. The van der Waals surface area contributed by atoms with Crippen molar-refractivity contribution < 1.29 is 9.59 Å². The van der Waals surface area contributed by atoms with Crippen LogP contribution in [-0.2, 0) is 22.7 Å². The van der Waals surface area contributed by atoms with Gasteiger partial charge in [-0.1, -0.05) is 38.1 Å². The van der Waals surface area contributed by atoms with Crippen molar-refractivity contribution in [1.82, 2.24) is 15.1 Å². The van der Waals surface area contributed by atoms with E-state index < -0.39 is 0 Å². The number of nitrogens with one attached hydrogen (secondary N) is 1. The number of carbonyl (C=O) groups is 2. The van der Waals surface area contributed by atoms with Gasteiger partial charge in [0.1, 0.15) is 0 Å². The van der Waals surface area contributed by atoms with E-state index in [1.807, 2.05) is 23.1 Å². The topological polar surface area (TPSA) is 52.7 Å². The molecule has 5 heteroatoms. The second-order valence-electron chi connectivity index (χ2n) is 8.14. The minimum Gasteiger partial charge on any atom is -0.351 e. The average molecular weight is 343 g/mol. The van der Waals surface area contributed by atoms with Gasteiger partial charge in [0.05, 0.1) is 6.54 Å². The molecule has 0 atom stereocenters. The third-order valence-electron chi connectivity index (χ3n) is 5.15. The summed E-state index contributed by atoms with van der Waals surface area (Å²) in [4.78, 5) is 28.1. The van der Waals surface area contributed by atoms with E-state index in [1.165, 1.54) is 0 Å². The Morgan fingerprint density at radius 1 is 1.24 bits per heavy atom. The van der Waals surface area contributed by atoms with Gasteiger partial charge in [-0.15, -0.1) is 0 Å². The minimum absolute atomic E-state index is 0.0813. The van der Waals surface area contributed by atoms with E-state index in [0.717, 1.165) is 43.6 Å². The van der Waals surface area contributed by atoms with Crippen LogP contribution in [0.1, 0.15) is 44.2 Å². The second-order valence-corrected chi connectivity index (χ2v) is 8.14. The lowest BCUT2D eigenvalue weighted by Crippen LogP contribution is -2.36. The molecule has 0 aromatic heterocycles. The maximum Gasteiger partial charge on any atom is 0.234 e. The first-order valence-electron chi connectivity index (χ1n) is 9.26. The predicted octanol–water partition coefficient (Wildman–Crippen LogP) is 2.16. The van der Waals surface area contributed by atoms with Gasteiger partial charge >= 0.3 is 0 Å². The normalized spacial score (nSPS) is 20.2. The SMILES string of the molecule is CC1(C)CCN(CC(=O)NCc2cccc(CN3CCCC3=O)c2)C1. The van der Waals surface area contributed by atoms with Gasteiger partial charge in [0.15, 0.2) is 0 Å². The summed E-state index contributed by atoms with van der Waals surface area (Å²) in [6, 6.07) is 8.16. The van der Waals surface area contributed by atoms with E-state index in [0.29, 0.717) is 31.5 Å². The Labute approximate surface area is 150 Å². The van der Waals surface area contributed by atoms with Crippen molar-refractivity contribution in [3.8, 4) is 0 Å². The number of benzene rings is 1. The average Bonchev–Trinajstić information content (AvgIpc) is 3.11. The van der Waals surface area contributed by atoms with Crippen molar-refractivity contribution in [1.29, 1.82) is 0 Å². The molecule has 3 rings (SSSR count). The van der Waals surface area contributed by atoms with Gasteiger partial charge in [-0.25, -0.2) is 0 Å². The van der Waals surface area contributed by atoms with Crippen LogP contribution in [0.4, 0.5) is 0 Å². The van der Waals surface area contributed by atoms with Crippen LogP contribution < -0.4 is 5.32 Å². The third kappa shape index (κ3) is 5.05. The molecule has 0 aliphatic carbocycles. The first kappa shape index (κ1) is 17.9. The van der Waals surface area contributed by atoms with E-state index >= 15 is 0 Å². The van der Waals surface area contributed by atoms with Crippen LogP contribution in [0.5, 0.6) is 0 Å². The van der Waals surface area contributed by atoms with Crippen molar-refractivity contribution in [2.75, 3.05) is 26.2 Å². The summed E-state index contributed by atoms with van der Waals surface area (Å²) in [6.07, 6.45) is 2.78. The Kier molecular flexibility index (Phi) is 5.42. The molecule has 0 unspecified atom stereocenters.